The van der Waals surface area contributed by atoms with Crippen molar-refractivity contribution in [2.75, 3.05) is 36.2 Å². The third kappa shape index (κ3) is 6.39. The Morgan fingerprint density at radius 2 is 2.12 bits per heavy atom. The molecule has 0 bridgehead atoms. The number of halogens is 3. The second kappa shape index (κ2) is 11.5. The number of ether oxygens (including phenoxy) is 1. The molecule has 2 atom stereocenters. The van der Waals surface area contributed by atoms with Crippen LogP contribution >= 0.6 is 11.3 Å². The molecule has 0 spiro atoms. The SMILES string of the molecule is CN1C=C(c2ccc(C(=O)Nc3nc4cc(N(C)S(=O)CC(F)(F)F)ccc4n3CCC3C=NC=CC3)s2)OC1. The van der Waals surface area contributed by atoms with Crippen LogP contribution in [0.2, 0.25) is 0 Å². The molecular formula is C26H27F3N6O3S2. The number of hydrogen-bond acceptors (Lipinski definition) is 7. The number of aryl methyl sites for hydroxylation is 1. The topological polar surface area (TPSA) is 92.1 Å². The Balaban J connectivity index is 1.41. The summed E-state index contributed by atoms with van der Waals surface area (Å²) in [6, 6.07) is 8.44. The van der Waals surface area contributed by atoms with Gasteiger partial charge in [-0.2, -0.15) is 13.2 Å². The Kier molecular flexibility index (Phi) is 7.99. The number of nitrogens with one attached hydrogen (secondary N) is 1. The molecule has 0 aliphatic carbocycles. The fraction of sp³-hybridized carbons (Fsp3) is 0.346. The standard InChI is InChI=1S/C26H27F3N6O3S2/c1-33-14-21(38-16-33)22-7-8-23(39-22)24(36)32-25-31-19-12-18(34(2)40(37)15-26(27,28)29)5-6-20(19)35(25)11-9-17-4-3-10-30-13-17/h3,5-8,10,12-14,17H,4,9,11,15-16H2,1-2H3,(H,31,32,36). The van der Waals surface area contributed by atoms with Gasteiger partial charge in [-0.1, -0.05) is 6.08 Å². The normalized spacial score (nSPS) is 17.7. The van der Waals surface area contributed by atoms with Crippen molar-refractivity contribution in [2.24, 2.45) is 10.9 Å². The molecular weight excluding hydrogens is 565 g/mol. The lowest BCUT2D eigenvalue weighted by Gasteiger charge is -2.19. The second-order valence-corrected chi connectivity index (χ2v) is 12.0. The Hall–Kier alpha value is -3.65. The van der Waals surface area contributed by atoms with Gasteiger partial charge in [0.25, 0.3) is 5.91 Å². The van der Waals surface area contributed by atoms with Crippen LogP contribution in [0.4, 0.5) is 24.8 Å². The highest BCUT2D eigenvalue weighted by molar-refractivity contribution is 7.86. The van der Waals surface area contributed by atoms with Gasteiger partial charge in [-0.25, -0.2) is 9.19 Å². The van der Waals surface area contributed by atoms with E-state index >= 15 is 0 Å². The van der Waals surface area contributed by atoms with Gasteiger partial charge >= 0.3 is 6.18 Å². The number of aliphatic imine (C=N–C) groups is 1. The number of carbonyl (C=O) groups excluding carboxylic acids is 1. The molecule has 1 amide bonds. The number of allylic oxidation sites excluding steroid dienone is 1. The van der Waals surface area contributed by atoms with E-state index in [0.29, 0.717) is 46.6 Å². The minimum atomic E-state index is -4.56. The fourth-order valence-electron chi connectivity index (χ4n) is 4.34. The van der Waals surface area contributed by atoms with Crippen LogP contribution < -0.4 is 9.62 Å². The highest BCUT2D eigenvalue weighted by Crippen LogP contribution is 2.31. The maximum Gasteiger partial charge on any atom is 0.402 e. The molecule has 2 aliphatic rings. The van der Waals surface area contributed by atoms with Crippen LogP contribution in [0.15, 0.2) is 53.8 Å². The van der Waals surface area contributed by atoms with Gasteiger partial charge in [0, 0.05) is 39.3 Å². The highest BCUT2D eigenvalue weighted by Gasteiger charge is 2.32. The number of alkyl halides is 3. The summed E-state index contributed by atoms with van der Waals surface area (Å²) in [5.41, 5.74) is 1.47. The number of amides is 1. The van der Waals surface area contributed by atoms with Crippen LogP contribution in [0.25, 0.3) is 16.8 Å². The summed E-state index contributed by atoms with van der Waals surface area (Å²) in [7, 11) is 0.934. The van der Waals surface area contributed by atoms with E-state index in [9.17, 15) is 22.2 Å². The molecule has 1 N–H and O–H groups in total. The minimum Gasteiger partial charge on any atom is -0.470 e. The zero-order valence-corrected chi connectivity index (χ0v) is 23.4. The summed E-state index contributed by atoms with van der Waals surface area (Å²) < 4.78 is 59.2. The van der Waals surface area contributed by atoms with Crippen molar-refractivity contribution in [3.8, 4) is 0 Å². The summed E-state index contributed by atoms with van der Waals surface area (Å²) in [5, 5.41) is 2.90. The van der Waals surface area contributed by atoms with E-state index in [1.807, 2.05) is 41.1 Å². The van der Waals surface area contributed by atoms with E-state index in [-0.39, 0.29) is 11.8 Å². The average Bonchev–Trinajstić information content (AvgIpc) is 3.65. The van der Waals surface area contributed by atoms with Gasteiger partial charge in [0.15, 0.2) is 12.5 Å². The number of carbonyl (C=O) groups is 1. The van der Waals surface area contributed by atoms with Crippen molar-refractivity contribution < 1.29 is 26.9 Å². The van der Waals surface area contributed by atoms with Crippen molar-refractivity contribution in [3.05, 3.63) is 58.6 Å². The van der Waals surface area contributed by atoms with Crippen LogP contribution in [0, 0.1) is 5.92 Å². The van der Waals surface area contributed by atoms with E-state index in [4.69, 9.17) is 4.74 Å². The quantitative estimate of drug-likeness (QED) is 0.368. The fourth-order valence-corrected chi connectivity index (χ4v) is 6.03. The number of anilines is 2. The summed E-state index contributed by atoms with van der Waals surface area (Å²) in [6.45, 7) is 0.968. The maximum atomic E-state index is 13.2. The molecule has 14 heteroatoms. The van der Waals surface area contributed by atoms with Crippen LogP contribution in [0.1, 0.15) is 27.4 Å². The first-order chi connectivity index (χ1) is 19.1. The number of rotatable bonds is 9. The molecule has 0 saturated heterocycles. The predicted octanol–water partition coefficient (Wildman–Crippen LogP) is 5.22. The Bertz CT molecular complexity index is 1530. The maximum absolute atomic E-state index is 13.2. The monoisotopic (exact) mass is 592 g/mol. The number of aromatic nitrogens is 2. The van der Waals surface area contributed by atoms with Gasteiger partial charge in [-0.15, -0.1) is 11.3 Å². The number of imidazole rings is 1. The van der Waals surface area contributed by atoms with E-state index in [0.717, 1.165) is 22.0 Å². The third-order valence-corrected chi connectivity index (χ3v) is 8.89. The lowest BCUT2D eigenvalue weighted by molar-refractivity contribution is -0.105. The highest BCUT2D eigenvalue weighted by atomic mass is 32.2. The molecule has 0 fully saturated rings. The average molecular weight is 593 g/mol. The molecule has 1 aromatic carbocycles. The van der Waals surface area contributed by atoms with E-state index in [1.54, 1.807) is 30.5 Å². The molecule has 40 heavy (non-hydrogen) atoms. The van der Waals surface area contributed by atoms with Gasteiger partial charge in [0.1, 0.15) is 16.7 Å². The smallest absolute Gasteiger partial charge is 0.402 e. The zero-order valence-electron chi connectivity index (χ0n) is 21.7. The van der Waals surface area contributed by atoms with Crippen LogP contribution in [0.5, 0.6) is 0 Å². The number of nitrogens with zero attached hydrogens (tertiary/aromatic N) is 5. The van der Waals surface area contributed by atoms with Crippen molar-refractivity contribution in [2.45, 2.75) is 25.6 Å². The summed E-state index contributed by atoms with van der Waals surface area (Å²) in [5.74, 6) is -0.563. The lowest BCUT2D eigenvalue weighted by Crippen LogP contribution is -2.29. The Morgan fingerprint density at radius 3 is 2.83 bits per heavy atom. The minimum absolute atomic E-state index is 0.221. The van der Waals surface area contributed by atoms with Crippen LogP contribution in [0.3, 0.4) is 0 Å². The number of thiophene rings is 1. The third-order valence-electron chi connectivity index (χ3n) is 6.40. The van der Waals surface area contributed by atoms with Crippen LogP contribution in [-0.2, 0) is 22.3 Å². The Labute approximate surface area is 235 Å². The van der Waals surface area contributed by atoms with Gasteiger partial charge in [-0.05, 0) is 49.1 Å². The number of fused-ring (bicyclic) bond motifs is 1. The van der Waals surface area contributed by atoms with Crippen molar-refractivity contribution in [1.82, 2.24) is 14.5 Å². The van der Waals surface area contributed by atoms with E-state index in [1.165, 1.54) is 18.4 Å². The molecule has 2 aliphatic heterocycles. The molecule has 9 nitrogen and oxygen atoms in total. The van der Waals surface area contributed by atoms with Gasteiger partial charge < -0.3 is 14.2 Å². The first-order valence-corrected chi connectivity index (χ1v) is 14.5. The molecule has 3 aromatic rings. The Morgan fingerprint density at radius 1 is 1.30 bits per heavy atom. The molecule has 4 heterocycles. The van der Waals surface area contributed by atoms with E-state index in [2.05, 4.69) is 15.3 Å². The summed E-state index contributed by atoms with van der Waals surface area (Å²) in [6.07, 6.45) is 4.55. The van der Waals surface area contributed by atoms with Crippen LogP contribution in [-0.4, -0.2) is 63.5 Å². The molecule has 5 rings (SSSR count). The first kappa shape index (κ1) is 27.9. The number of hydrogen-bond donors (Lipinski definition) is 1. The van der Waals surface area contributed by atoms with Gasteiger partial charge in [0.05, 0.1) is 26.5 Å². The molecule has 212 valence electrons. The summed E-state index contributed by atoms with van der Waals surface area (Å²) >= 11 is 1.30. The summed E-state index contributed by atoms with van der Waals surface area (Å²) in [4.78, 5) is 25.2. The zero-order chi connectivity index (χ0) is 28.4. The van der Waals surface area contributed by atoms with Crippen molar-refractivity contribution in [3.63, 3.8) is 0 Å². The molecule has 0 radical (unpaired) electrons. The largest absolute Gasteiger partial charge is 0.470 e. The second-order valence-electron chi connectivity index (χ2n) is 9.45. The predicted molar refractivity (Wildman–Crippen MR) is 152 cm³/mol. The van der Waals surface area contributed by atoms with E-state index < -0.39 is 22.9 Å². The first-order valence-electron chi connectivity index (χ1n) is 12.4. The lowest BCUT2D eigenvalue weighted by atomic mass is 10.0. The van der Waals surface area contributed by atoms with Crippen molar-refractivity contribution in [1.29, 1.82) is 0 Å². The molecule has 2 aromatic heterocycles. The number of benzene rings is 1. The molecule has 2 unspecified atom stereocenters. The molecule has 0 saturated carbocycles. The van der Waals surface area contributed by atoms with Gasteiger partial charge in [0.2, 0.25) is 5.95 Å². The van der Waals surface area contributed by atoms with Gasteiger partial charge in [-0.3, -0.25) is 19.4 Å². The van der Waals surface area contributed by atoms with Crippen molar-refractivity contribution >= 4 is 62.9 Å².